The predicted octanol–water partition coefficient (Wildman–Crippen LogP) is 0.475. The molecule has 0 radical (unpaired) electrons. The van der Waals surface area contributed by atoms with Gasteiger partial charge in [0.2, 0.25) is 0 Å². The first-order chi connectivity index (χ1) is 7.99. The van der Waals surface area contributed by atoms with Crippen LogP contribution in [0.4, 0.5) is 0 Å². The lowest BCUT2D eigenvalue weighted by Crippen LogP contribution is -2.31. The zero-order valence-electron chi connectivity index (χ0n) is 9.52. The highest BCUT2D eigenvalue weighted by atomic mass is 32.2. The summed E-state index contributed by atoms with van der Waals surface area (Å²) in [6, 6.07) is 9.09. The maximum atomic E-state index is 11.7. The van der Waals surface area contributed by atoms with E-state index in [0.29, 0.717) is 13.0 Å². The molecule has 4 N–H and O–H groups in total. The number of sulfone groups is 1. The van der Waals surface area contributed by atoms with Gasteiger partial charge >= 0.3 is 0 Å². The van der Waals surface area contributed by atoms with E-state index in [4.69, 9.17) is 11.1 Å². The molecule has 0 aliphatic carbocycles. The Bertz CT molecular complexity index is 457. The molecule has 0 amide bonds. The van der Waals surface area contributed by atoms with Crippen molar-refractivity contribution in [2.75, 3.05) is 12.3 Å². The van der Waals surface area contributed by atoms with E-state index < -0.39 is 9.84 Å². The van der Waals surface area contributed by atoms with Crippen LogP contribution in [0.15, 0.2) is 30.3 Å². The van der Waals surface area contributed by atoms with Gasteiger partial charge in [0.15, 0.2) is 15.8 Å². The normalized spacial score (nSPS) is 11.1. The van der Waals surface area contributed by atoms with E-state index in [-0.39, 0.29) is 17.5 Å². The Morgan fingerprint density at radius 2 is 1.94 bits per heavy atom. The number of hydrogen-bond donors (Lipinski definition) is 3. The molecule has 6 heteroatoms. The molecule has 94 valence electrons. The van der Waals surface area contributed by atoms with Crippen molar-refractivity contribution in [1.29, 1.82) is 5.41 Å². The van der Waals surface area contributed by atoms with E-state index in [1.165, 1.54) is 0 Å². The quantitative estimate of drug-likeness (QED) is 0.391. The summed E-state index contributed by atoms with van der Waals surface area (Å²) in [4.78, 5) is 0. The molecule has 0 fully saturated rings. The molecule has 5 nitrogen and oxygen atoms in total. The summed E-state index contributed by atoms with van der Waals surface area (Å²) >= 11 is 0. The molecule has 17 heavy (non-hydrogen) atoms. The number of rotatable bonds is 6. The lowest BCUT2D eigenvalue weighted by atomic mass is 10.2. The molecule has 0 aromatic heterocycles. The molecule has 0 saturated carbocycles. The van der Waals surface area contributed by atoms with Gasteiger partial charge in [0, 0.05) is 6.54 Å². The summed E-state index contributed by atoms with van der Waals surface area (Å²) < 4.78 is 23.5. The van der Waals surface area contributed by atoms with Crippen LogP contribution in [-0.2, 0) is 15.6 Å². The Morgan fingerprint density at radius 1 is 1.29 bits per heavy atom. The maximum Gasteiger partial charge on any atom is 0.185 e. The second kappa shape index (κ2) is 6.24. The number of guanidine groups is 1. The van der Waals surface area contributed by atoms with Crippen molar-refractivity contribution < 1.29 is 8.42 Å². The molecule has 0 bridgehead atoms. The second-order valence-corrected chi connectivity index (χ2v) is 5.96. The van der Waals surface area contributed by atoms with Crippen LogP contribution in [0, 0.1) is 5.41 Å². The molecule has 0 aliphatic heterocycles. The minimum atomic E-state index is -3.08. The standard InChI is InChI=1S/C11H17N3O2S/c12-11(13)14-7-4-8-17(15,16)9-10-5-2-1-3-6-10/h1-3,5-6H,4,7-9H2,(H4,12,13,14). The van der Waals surface area contributed by atoms with Gasteiger partial charge in [-0.2, -0.15) is 0 Å². The average molecular weight is 255 g/mol. The summed E-state index contributed by atoms with van der Waals surface area (Å²) in [7, 11) is -3.08. The van der Waals surface area contributed by atoms with Crippen molar-refractivity contribution in [1.82, 2.24) is 5.32 Å². The van der Waals surface area contributed by atoms with Crippen LogP contribution in [0.5, 0.6) is 0 Å². The molecule has 0 heterocycles. The van der Waals surface area contributed by atoms with E-state index in [1.807, 2.05) is 18.2 Å². The van der Waals surface area contributed by atoms with Crippen molar-refractivity contribution in [2.45, 2.75) is 12.2 Å². The number of hydrogen-bond acceptors (Lipinski definition) is 3. The van der Waals surface area contributed by atoms with Crippen molar-refractivity contribution in [2.24, 2.45) is 5.73 Å². The van der Waals surface area contributed by atoms with Crippen molar-refractivity contribution in [3.63, 3.8) is 0 Å². The maximum absolute atomic E-state index is 11.7. The highest BCUT2D eigenvalue weighted by Gasteiger charge is 2.11. The lowest BCUT2D eigenvalue weighted by Gasteiger charge is -2.05. The van der Waals surface area contributed by atoms with Gasteiger partial charge in [0.05, 0.1) is 11.5 Å². The van der Waals surface area contributed by atoms with Crippen LogP contribution in [0.2, 0.25) is 0 Å². The number of nitrogens with one attached hydrogen (secondary N) is 2. The molecule has 0 saturated heterocycles. The third kappa shape index (κ3) is 5.91. The number of benzene rings is 1. The Hall–Kier alpha value is -1.56. The van der Waals surface area contributed by atoms with Gasteiger partial charge in [-0.3, -0.25) is 5.41 Å². The average Bonchev–Trinajstić information content (AvgIpc) is 2.25. The largest absolute Gasteiger partial charge is 0.370 e. The van der Waals surface area contributed by atoms with Crippen LogP contribution in [0.3, 0.4) is 0 Å². The van der Waals surface area contributed by atoms with Crippen molar-refractivity contribution in [3.05, 3.63) is 35.9 Å². The van der Waals surface area contributed by atoms with Crippen molar-refractivity contribution in [3.8, 4) is 0 Å². The fourth-order valence-electron chi connectivity index (χ4n) is 1.42. The molecule has 0 atom stereocenters. The molecule has 0 spiro atoms. The van der Waals surface area contributed by atoms with Crippen LogP contribution in [-0.4, -0.2) is 26.7 Å². The van der Waals surface area contributed by atoms with E-state index >= 15 is 0 Å². The highest BCUT2D eigenvalue weighted by Crippen LogP contribution is 2.06. The van der Waals surface area contributed by atoms with E-state index in [9.17, 15) is 8.42 Å². The van der Waals surface area contributed by atoms with Gasteiger partial charge in [-0.25, -0.2) is 8.42 Å². The molecular weight excluding hydrogens is 238 g/mol. The smallest absolute Gasteiger partial charge is 0.185 e. The zero-order valence-corrected chi connectivity index (χ0v) is 10.3. The third-order valence-electron chi connectivity index (χ3n) is 2.18. The Balaban J connectivity index is 2.39. The van der Waals surface area contributed by atoms with Crippen molar-refractivity contribution >= 4 is 15.8 Å². The second-order valence-electron chi connectivity index (χ2n) is 3.77. The topological polar surface area (TPSA) is 96.0 Å². The Morgan fingerprint density at radius 3 is 2.53 bits per heavy atom. The van der Waals surface area contributed by atoms with E-state index in [1.54, 1.807) is 12.1 Å². The summed E-state index contributed by atoms with van der Waals surface area (Å²) in [6.07, 6.45) is 0.453. The van der Waals surface area contributed by atoms with Gasteiger partial charge in [0.1, 0.15) is 0 Å². The first kappa shape index (κ1) is 13.5. The van der Waals surface area contributed by atoms with Crippen LogP contribution in [0.1, 0.15) is 12.0 Å². The van der Waals surface area contributed by atoms with Gasteiger partial charge < -0.3 is 11.1 Å². The summed E-state index contributed by atoms with van der Waals surface area (Å²) in [5.74, 6) is 0.0289. The molecule has 0 unspecified atom stereocenters. The Labute approximate surface area is 101 Å². The van der Waals surface area contributed by atoms with Crippen LogP contribution in [0.25, 0.3) is 0 Å². The fourth-order valence-corrected chi connectivity index (χ4v) is 2.84. The zero-order chi connectivity index (χ0) is 12.7. The van der Waals surface area contributed by atoms with Gasteiger partial charge in [0.25, 0.3) is 0 Å². The van der Waals surface area contributed by atoms with Gasteiger partial charge in [-0.15, -0.1) is 0 Å². The summed E-state index contributed by atoms with van der Waals surface area (Å²) in [6.45, 7) is 0.406. The van der Waals surface area contributed by atoms with Crippen LogP contribution >= 0.6 is 0 Å². The predicted molar refractivity (Wildman–Crippen MR) is 68.5 cm³/mol. The fraction of sp³-hybridized carbons (Fsp3) is 0.364. The minimum absolute atomic E-state index is 0.0634. The molecule has 1 aromatic carbocycles. The summed E-state index contributed by atoms with van der Waals surface area (Å²) in [5.41, 5.74) is 5.89. The molecule has 1 aromatic rings. The van der Waals surface area contributed by atoms with Crippen LogP contribution < -0.4 is 11.1 Å². The van der Waals surface area contributed by atoms with E-state index in [2.05, 4.69) is 5.32 Å². The van der Waals surface area contributed by atoms with Gasteiger partial charge in [-0.1, -0.05) is 30.3 Å². The van der Waals surface area contributed by atoms with E-state index in [0.717, 1.165) is 5.56 Å². The summed E-state index contributed by atoms with van der Waals surface area (Å²) in [5, 5.41) is 9.50. The monoisotopic (exact) mass is 255 g/mol. The molecule has 0 aliphatic rings. The highest BCUT2D eigenvalue weighted by molar-refractivity contribution is 7.90. The Kier molecular flexibility index (Phi) is 4.96. The third-order valence-corrected chi connectivity index (χ3v) is 3.86. The first-order valence-corrected chi connectivity index (χ1v) is 7.14. The first-order valence-electron chi connectivity index (χ1n) is 5.32. The number of nitrogens with two attached hydrogens (primary N) is 1. The molecule has 1 rings (SSSR count). The lowest BCUT2D eigenvalue weighted by molar-refractivity contribution is 0.592. The van der Waals surface area contributed by atoms with Gasteiger partial charge in [-0.05, 0) is 12.0 Å². The molecular formula is C11H17N3O2S. The SMILES string of the molecule is N=C(N)NCCCS(=O)(=O)Cc1ccccc1. The minimum Gasteiger partial charge on any atom is -0.370 e.